The predicted octanol–water partition coefficient (Wildman–Crippen LogP) is 2.99. The Balaban J connectivity index is 2.18. The summed E-state index contributed by atoms with van der Waals surface area (Å²) in [7, 11) is 1.97. The molecule has 0 saturated heterocycles. The van der Waals surface area contributed by atoms with Crippen molar-refractivity contribution in [1.82, 2.24) is 9.97 Å². The lowest BCUT2D eigenvalue weighted by Crippen LogP contribution is -2.20. The van der Waals surface area contributed by atoms with E-state index in [1.165, 1.54) is 12.1 Å². The zero-order valence-electron chi connectivity index (χ0n) is 12.0. The van der Waals surface area contributed by atoms with Gasteiger partial charge in [-0.2, -0.15) is 0 Å². The number of nitrogens with zero attached hydrogens (tertiary/aromatic N) is 3. The van der Waals surface area contributed by atoms with Crippen molar-refractivity contribution in [3.05, 3.63) is 47.5 Å². The number of nitrogens with one attached hydrogen (secondary N) is 1. The van der Waals surface area contributed by atoms with E-state index in [9.17, 15) is 4.39 Å². The van der Waals surface area contributed by atoms with Crippen LogP contribution in [0.3, 0.4) is 0 Å². The molecule has 1 aromatic carbocycles. The summed E-state index contributed by atoms with van der Waals surface area (Å²) in [6.07, 6.45) is 1.56. The van der Waals surface area contributed by atoms with Gasteiger partial charge in [-0.05, 0) is 31.5 Å². The van der Waals surface area contributed by atoms with E-state index in [1.807, 2.05) is 25.8 Å². The van der Waals surface area contributed by atoms with Gasteiger partial charge in [0.05, 0.1) is 0 Å². The van der Waals surface area contributed by atoms with E-state index in [0.717, 1.165) is 29.3 Å². The van der Waals surface area contributed by atoms with Gasteiger partial charge in [0.2, 0.25) is 0 Å². The molecule has 2 aromatic rings. The second kappa shape index (κ2) is 6.32. The summed E-state index contributed by atoms with van der Waals surface area (Å²) in [5, 5.41) is 3.22. The molecule has 0 atom stereocenters. The van der Waals surface area contributed by atoms with Crippen LogP contribution in [0.1, 0.15) is 18.1 Å². The highest BCUT2D eigenvalue weighted by Crippen LogP contribution is 2.22. The summed E-state index contributed by atoms with van der Waals surface area (Å²) in [5.41, 5.74) is 2.05. The molecule has 2 rings (SSSR count). The van der Waals surface area contributed by atoms with Crippen molar-refractivity contribution in [3.63, 3.8) is 0 Å². The van der Waals surface area contributed by atoms with Gasteiger partial charge in [0, 0.05) is 25.7 Å². The van der Waals surface area contributed by atoms with Gasteiger partial charge in [0.1, 0.15) is 23.8 Å². The van der Waals surface area contributed by atoms with Crippen LogP contribution >= 0.6 is 0 Å². The van der Waals surface area contributed by atoms with E-state index in [1.54, 1.807) is 18.5 Å². The number of anilines is 2. The fraction of sp³-hybridized carbons (Fsp3) is 0.333. The molecule has 20 heavy (non-hydrogen) atoms. The fourth-order valence-electron chi connectivity index (χ4n) is 2.11. The lowest BCUT2D eigenvalue weighted by Gasteiger charge is -2.21. The summed E-state index contributed by atoms with van der Waals surface area (Å²) in [4.78, 5) is 10.6. The monoisotopic (exact) mass is 274 g/mol. The average molecular weight is 274 g/mol. The number of aromatic nitrogens is 2. The molecule has 0 amide bonds. The summed E-state index contributed by atoms with van der Waals surface area (Å²) >= 11 is 0. The van der Waals surface area contributed by atoms with Crippen molar-refractivity contribution < 1.29 is 4.39 Å². The highest BCUT2D eigenvalue weighted by atomic mass is 19.1. The number of benzene rings is 1. The molecule has 0 aliphatic rings. The molecule has 0 saturated carbocycles. The second-order valence-corrected chi connectivity index (χ2v) is 4.68. The molecule has 0 aliphatic carbocycles. The average Bonchev–Trinajstić information content (AvgIpc) is 2.44. The zero-order valence-corrected chi connectivity index (χ0v) is 12.0. The molecule has 106 valence electrons. The molecular weight excluding hydrogens is 255 g/mol. The predicted molar refractivity (Wildman–Crippen MR) is 79.4 cm³/mol. The number of halogens is 1. The van der Waals surface area contributed by atoms with Gasteiger partial charge in [-0.15, -0.1) is 0 Å². The Bertz CT molecular complexity index is 569. The maximum absolute atomic E-state index is 12.9. The summed E-state index contributed by atoms with van der Waals surface area (Å²) in [5.74, 6) is 1.51. The van der Waals surface area contributed by atoms with Crippen molar-refractivity contribution in [3.8, 4) is 0 Å². The molecule has 0 spiro atoms. The SMILES string of the molecule is CCNc1ncnc(N(C)Cc2ccc(F)cc2)c1C. The minimum Gasteiger partial charge on any atom is -0.370 e. The topological polar surface area (TPSA) is 41.1 Å². The van der Waals surface area contributed by atoms with Crippen molar-refractivity contribution >= 4 is 11.6 Å². The van der Waals surface area contributed by atoms with E-state index in [-0.39, 0.29) is 5.82 Å². The van der Waals surface area contributed by atoms with Crippen molar-refractivity contribution in [2.24, 2.45) is 0 Å². The summed E-state index contributed by atoms with van der Waals surface area (Å²) in [6.45, 7) is 5.51. The molecule has 1 aromatic heterocycles. The van der Waals surface area contributed by atoms with E-state index >= 15 is 0 Å². The lowest BCUT2D eigenvalue weighted by atomic mass is 10.2. The van der Waals surface area contributed by atoms with Crippen LogP contribution in [-0.4, -0.2) is 23.6 Å². The highest BCUT2D eigenvalue weighted by Gasteiger charge is 2.11. The molecule has 1 heterocycles. The van der Waals surface area contributed by atoms with E-state index in [4.69, 9.17) is 0 Å². The van der Waals surface area contributed by atoms with Gasteiger partial charge in [0.15, 0.2) is 0 Å². The van der Waals surface area contributed by atoms with E-state index in [2.05, 4.69) is 15.3 Å². The molecule has 5 heteroatoms. The van der Waals surface area contributed by atoms with E-state index < -0.39 is 0 Å². The van der Waals surface area contributed by atoms with Gasteiger partial charge in [0.25, 0.3) is 0 Å². The maximum atomic E-state index is 12.9. The third kappa shape index (κ3) is 3.23. The van der Waals surface area contributed by atoms with Crippen LogP contribution in [0.15, 0.2) is 30.6 Å². The third-order valence-corrected chi connectivity index (χ3v) is 3.10. The second-order valence-electron chi connectivity index (χ2n) is 4.68. The Hall–Kier alpha value is -2.17. The van der Waals surface area contributed by atoms with Gasteiger partial charge in [-0.3, -0.25) is 0 Å². The first-order valence-electron chi connectivity index (χ1n) is 6.63. The lowest BCUT2D eigenvalue weighted by molar-refractivity contribution is 0.627. The minimum absolute atomic E-state index is 0.218. The van der Waals surface area contributed by atoms with Gasteiger partial charge < -0.3 is 10.2 Å². The van der Waals surface area contributed by atoms with E-state index in [0.29, 0.717) is 6.54 Å². The molecule has 1 N–H and O–H groups in total. The van der Waals surface area contributed by atoms with Crippen molar-refractivity contribution in [2.45, 2.75) is 20.4 Å². The first kappa shape index (κ1) is 14.2. The smallest absolute Gasteiger partial charge is 0.137 e. The first-order chi connectivity index (χ1) is 9.61. The van der Waals surface area contributed by atoms with Crippen LogP contribution in [0.25, 0.3) is 0 Å². The maximum Gasteiger partial charge on any atom is 0.137 e. The summed E-state index contributed by atoms with van der Waals surface area (Å²) in [6, 6.07) is 6.52. The Morgan fingerprint density at radius 2 is 1.90 bits per heavy atom. The molecule has 0 unspecified atom stereocenters. The van der Waals surface area contributed by atoms with Crippen LogP contribution in [0.4, 0.5) is 16.0 Å². The van der Waals surface area contributed by atoms with Gasteiger partial charge in [-0.25, -0.2) is 14.4 Å². The number of hydrogen-bond donors (Lipinski definition) is 1. The number of rotatable bonds is 5. The van der Waals surface area contributed by atoms with Crippen LogP contribution < -0.4 is 10.2 Å². The Morgan fingerprint density at radius 3 is 2.55 bits per heavy atom. The standard InChI is InChI=1S/C15H19FN4/c1-4-17-14-11(2)15(19-10-18-14)20(3)9-12-5-7-13(16)8-6-12/h5-8,10H,4,9H2,1-3H3,(H,17,18,19). The van der Waals surface area contributed by atoms with Crippen LogP contribution in [-0.2, 0) is 6.54 Å². The van der Waals surface area contributed by atoms with Crippen molar-refractivity contribution in [1.29, 1.82) is 0 Å². The minimum atomic E-state index is -0.218. The Morgan fingerprint density at radius 1 is 1.20 bits per heavy atom. The molecule has 0 aliphatic heterocycles. The normalized spacial score (nSPS) is 10.4. The fourth-order valence-corrected chi connectivity index (χ4v) is 2.11. The molecule has 0 radical (unpaired) electrons. The van der Waals surface area contributed by atoms with Gasteiger partial charge >= 0.3 is 0 Å². The summed E-state index contributed by atoms with van der Waals surface area (Å²) < 4.78 is 12.9. The quantitative estimate of drug-likeness (QED) is 0.910. The Kier molecular flexibility index (Phi) is 4.50. The largest absolute Gasteiger partial charge is 0.370 e. The third-order valence-electron chi connectivity index (χ3n) is 3.10. The van der Waals surface area contributed by atoms with Crippen molar-refractivity contribution in [2.75, 3.05) is 23.8 Å². The zero-order chi connectivity index (χ0) is 14.5. The highest BCUT2D eigenvalue weighted by molar-refractivity contribution is 5.57. The number of hydrogen-bond acceptors (Lipinski definition) is 4. The molecule has 0 fully saturated rings. The molecular formula is C15H19FN4. The van der Waals surface area contributed by atoms with Crippen LogP contribution in [0, 0.1) is 12.7 Å². The van der Waals surface area contributed by atoms with Gasteiger partial charge in [-0.1, -0.05) is 12.1 Å². The molecule has 0 bridgehead atoms. The van der Waals surface area contributed by atoms with Crippen LogP contribution in [0.5, 0.6) is 0 Å². The Labute approximate surface area is 118 Å². The van der Waals surface area contributed by atoms with Crippen LogP contribution in [0.2, 0.25) is 0 Å². The molecule has 4 nitrogen and oxygen atoms in total. The first-order valence-corrected chi connectivity index (χ1v) is 6.63.